The molecule has 5 rings (SSSR count). The Morgan fingerprint density at radius 1 is 0.943 bits per heavy atom. The van der Waals surface area contributed by atoms with Crippen LogP contribution < -0.4 is 4.90 Å². The van der Waals surface area contributed by atoms with E-state index in [4.69, 9.17) is 0 Å². The molecule has 2 aromatic heterocycles. The van der Waals surface area contributed by atoms with Gasteiger partial charge in [0.15, 0.2) is 0 Å². The summed E-state index contributed by atoms with van der Waals surface area (Å²) in [5.41, 5.74) is -0.462. The molecule has 4 heterocycles. The van der Waals surface area contributed by atoms with E-state index in [1.807, 2.05) is 52.7 Å². The standard InChI is InChI=1S/C26H27N5O3S/c32-22(29-12-6-13-30(15-14-29)25-27-10-5-11-28-25)17-26(20-7-2-1-3-8-20)18-23(33)31(24(26)34)19-21-9-4-16-35-21/h1-5,7-11,16H,6,12-15,17-19H2/t26-/m0/s1. The molecule has 3 aromatic rings. The lowest BCUT2D eigenvalue weighted by Gasteiger charge is -2.30. The molecule has 1 atom stereocenters. The first kappa shape index (κ1) is 23.2. The molecule has 0 radical (unpaired) electrons. The molecule has 35 heavy (non-hydrogen) atoms. The highest BCUT2D eigenvalue weighted by molar-refractivity contribution is 7.09. The van der Waals surface area contributed by atoms with Crippen molar-refractivity contribution in [2.24, 2.45) is 0 Å². The van der Waals surface area contributed by atoms with E-state index in [2.05, 4.69) is 14.9 Å². The number of hydrogen-bond acceptors (Lipinski definition) is 7. The van der Waals surface area contributed by atoms with E-state index in [0.29, 0.717) is 25.6 Å². The maximum atomic E-state index is 13.8. The predicted octanol–water partition coefficient (Wildman–Crippen LogP) is 2.86. The molecule has 0 spiro atoms. The summed E-state index contributed by atoms with van der Waals surface area (Å²) in [6, 6.07) is 14.9. The number of carbonyl (C=O) groups is 3. The van der Waals surface area contributed by atoms with E-state index < -0.39 is 5.41 Å². The van der Waals surface area contributed by atoms with Gasteiger partial charge in [-0.2, -0.15) is 0 Å². The van der Waals surface area contributed by atoms with E-state index in [1.165, 1.54) is 16.2 Å². The van der Waals surface area contributed by atoms with Crippen LogP contribution in [0.3, 0.4) is 0 Å². The largest absolute Gasteiger partial charge is 0.341 e. The Bertz CT molecular complexity index is 1190. The molecule has 0 saturated carbocycles. The summed E-state index contributed by atoms with van der Waals surface area (Å²) in [7, 11) is 0. The number of carbonyl (C=O) groups excluding carboxylic acids is 3. The predicted molar refractivity (Wildman–Crippen MR) is 133 cm³/mol. The van der Waals surface area contributed by atoms with Crippen molar-refractivity contribution in [1.29, 1.82) is 0 Å². The third-order valence-electron chi connectivity index (χ3n) is 6.77. The Balaban J connectivity index is 1.36. The number of rotatable bonds is 6. The van der Waals surface area contributed by atoms with Gasteiger partial charge in [-0.25, -0.2) is 9.97 Å². The minimum absolute atomic E-state index is 0.00474. The van der Waals surface area contributed by atoms with E-state index in [-0.39, 0.29) is 37.1 Å². The van der Waals surface area contributed by atoms with Crippen LogP contribution in [-0.2, 0) is 26.3 Å². The van der Waals surface area contributed by atoms with Crippen molar-refractivity contribution in [1.82, 2.24) is 19.8 Å². The van der Waals surface area contributed by atoms with Crippen LogP contribution in [-0.4, -0.2) is 63.7 Å². The van der Waals surface area contributed by atoms with Crippen LogP contribution in [0.25, 0.3) is 0 Å². The molecule has 0 aliphatic carbocycles. The van der Waals surface area contributed by atoms with Crippen molar-refractivity contribution in [3.8, 4) is 0 Å². The Labute approximate surface area is 208 Å². The number of thiophene rings is 1. The quantitative estimate of drug-likeness (QED) is 0.495. The smallest absolute Gasteiger partial charge is 0.241 e. The molecule has 0 N–H and O–H groups in total. The first-order valence-corrected chi connectivity index (χ1v) is 12.7. The molecule has 2 saturated heterocycles. The number of nitrogens with zero attached hydrogens (tertiary/aromatic N) is 5. The van der Waals surface area contributed by atoms with E-state index >= 15 is 0 Å². The molecule has 0 unspecified atom stereocenters. The normalized spacial score (nSPS) is 20.9. The molecule has 1 aromatic carbocycles. The third kappa shape index (κ3) is 4.68. The minimum atomic E-state index is -1.18. The Kier molecular flexibility index (Phi) is 6.59. The number of anilines is 1. The molecular formula is C26H27N5O3S. The monoisotopic (exact) mass is 489 g/mol. The molecule has 3 amide bonds. The van der Waals surface area contributed by atoms with Gasteiger partial charge < -0.3 is 9.80 Å². The summed E-state index contributed by atoms with van der Waals surface area (Å²) in [4.78, 5) is 55.3. The Hall–Kier alpha value is -3.59. The van der Waals surface area contributed by atoms with Gasteiger partial charge in [0.2, 0.25) is 23.7 Å². The molecule has 9 heteroatoms. The van der Waals surface area contributed by atoms with Crippen LogP contribution in [0.1, 0.15) is 29.7 Å². The highest BCUT2D eigenvalue weighted by atomic mass is 32.1. The number of aromatic nitrogens is 2. The first-order chi connectivity index (χ1) is 17.1. The molecular weight excluding hydrogens is 462 g/mol. The lowest BCUT2D eigenvalue weighted by atomic mass is 9.75. The van der Waals surface area contributed by atoms with Crippen molar-refractivity contribution >= 4 is 35.0 Å². The van der Waals surface area contributed by atoms with Gasteiger partial charge in [-0.1, -0.05) is 36.4 Å². The van der Waals surface area contributed by atoms with Crippen molar-refractivity contribution in [2.45, 2.75) is 31.2 Å². The highest BCUT2D eigenvalue weighted by Crippen LogP contribution is 2.41. The van der Waals surface area contributed by atoms with Crippen LogP contribution >= 0.6 is 11.3 Å². The van der Waals surface area contributed by atoms with Crippen LogP contribution in [0.4, 0.5) is 5.95 Å². The van der Waals surface area contributed by atoms with Gasteiger partial charge in [-0.15, -0.1) is 11.3 Å². The van der Waals surface area contributed by atoms with Gasteiger partial charge in [0.05, 0.1) is 12.0 Å². The van der Waals surface area contributed by atoms with Gasteiger partial charge in [0.25, 0.3) is 0 Å². The SMILES string of the molecule is O=C(C[C@@]1(c2ccccc2)CC(=O)N(Cc2cccs2)C1=O)N1CCCN(c2ncccn2)CC1. The number of benzene rings is 1. The average Bonchev–Trinajstić information content (AvgIpc) is 3.38. The van der Waals surface area contributed by atoms with Gasteiger partial charge in [-0.05, 0) is 29.5 Å². The lowest BCUT2D eigenvalue weighted by molar-refractivity contribution is -0.143. The zero-order valence-corrected chi connectivity index (χ0v) is 20.2. The maximum absolute atomic E-state index is 13.8. The second-order valence-electron chi connectivity index (χ2n) is 8.94. The summed E-state index contributed by atoms with van der Waals surface area (Å²) in [6.07, 6.45) is 4.18. The fourth-order valence-corrected chi connectivity index (χ4v) is 5.63. The van der Waals surface area contributed by atoms with E-state index in [9.17, 15) is 14.4 Å². The number of hydrogen-bond donors (Lipinski definition) is 0. The number of imide groups is 1. The average molecular weight is 490 g/mol. The molecule has 0 bridgehead atoms. The number of likely N-dealkylation sites (tertiary alicyclic amines) is 1. The van der Waals surface area contributed by atoms with Gasteiger partial charge in [0.1, 0.15) is 0 Å². The third-order valence-corrected chi connectivity index (χ3v) is 7.63. The Morgan fingerprint density at radius 3 is 2.49 bits per heavy atom. The topological polar surface area (TPSA) is 86.7 Å². The molecule has 2 aliphatic rings. The molecule has 180 valence electrons. The van der Waals surface area contributed by atoms with Gasteiger partial charge >= 0.3 is 0 Å². The second kappa shape index (κ2) is 9.95. The molecule has 2 fully saturated rings. The van der Waals surface area contributed by atoms with E-state index in [1.54, 1.807) is 18.5 Å². The van der Waals surface area contributed by atoms with Gasteiger partial charge in [0, 0.05) is 56.3 Å². The summed E-state index contributed by atoms with van der Waals surface area (Å²) in [6.45, 7) is 2.72. The van der Waals surface area contributed by atoms with Crippen molar-refractivity contribution in [2.75, 3.05) is 31.1 Å². The van der Waals surface area contributed by atoms with E-state index in [0.717, 1.165) is 23.4 Å². The maximum Gasteiger partial charge on any atom is 0.241 e. The first-order valence-electron chi connectivity index (χ1n) is 11.8. The highest BCUT2D eigenvalue weighted by Gasteiger charge is 2.54. The summed E-state index contributed by atoms with van der Waals surface area (Å²) < 4.78 is 0. The van der Waals surface area contributed by atoms with Crippen LogP contribution in [0.2, 0.25) is 0 Å². The fraction of sp³-hybridized carbons (Fsp3) is 0.346. The zero-order chi connectivity index (χ0) is 24.3. The van der Waals surface area contributed by atoms with Crippen LogP contribution in [0, 0.1) is 0 Å². The summed E-state index contributed by atoms with van der Waals surface area (Å²) >= 11 is 1.51. The lowest BCUT2D eigenvalue weighted by Crippen LogP contribution is -2.44. The summed E-state index contributed by atoms with van der Waals surface area (Å²) in [5.74, 6) is 0.0278. The van der Waals surface area contributed by atoms with Gasteiger partial charge in [-0.3, -0.25) is 19.3 Å². The Morgan fingerprint density at radius 2 is 1.74 bits per heavy atom. The fourth-order valence-electron chi connectivity index (χ4n) is 4.93. The molecule has 8 nitrogen and oxygen atoms in total. The van der Waals surface area contributed by atoms with Crippen LogP contribution in [0.15, 0.2) is 66.3 Å². The van der Waals surface area contributed by atoms with Crippen molar-refractivity contribution < 1.29 is 14.4 Å². The van der Waals surface area contributed by atoms with Crippen molar-refractivity contribution in [3.05, 3.63) is 76.7 Å². The minimum Gasteiger partial charge on any atom is -0.341 e. The number of amides is 3. The van der Waals surface area contributed by atoms with Crippen LogP contribution in [0.5, 0.6) is 0 Å². The second-order valence-corrected chi connectivity index (χ2v) is 9.97. The van der Waals surface area contributed by atoms with Crippen molar-refractivity contribution in [3.63, 3.8) is 0 Å². The summed E-state index contributed by atoms with van der Waals surface area (Å²) in [5, 5.41) is 1.93. The molecule has 2 aliphatic heterocycles. The zero-order valence-electron chi connectivity index (χ0n) is 19.4.